The van der Waals surface area contributed by atoms with E-state index in [9.17, 15) is 8.96 Å². The molecule has 1 rings (SSSR count). The summed E-state index contributed by atoms with van der Waals surface area (Å²) in [4.78, 5) is 0. The highest BCUT2D eigenvalue weighted by Crippen LogP contribution is 2.49. The fourth-order valence-corrected chi connectivity index (χ4v) is 3.42. The lowest BCUT2D eigenvalue weighted by Crippen LogP contribution is -2.15. The van der Waals surface area contributed by atoms with Crippen LogP contribution in [0.25, 0.3) is 0 Å². The van der Waals surface area contributed by atoms with E-state index >= 15 is 0 Å². The molecule has 0 aliphatic rings. The van der Waals surface area contributed by atoms with Crippen LogP contribution in [0.4, 0.5) is 4.39 Å². The maximum absolute atomic E-state index is 13.6. The maximum atomic E-state index is 13.6. The van der Waals surface area contributed by atoms with Crippen molar-refractivity contribution >= 4 is 24.5 Å². The molecule has 0 aliphatic heterocycles. The lowest BCUT2D eigenvalue weighted by molar-refractivity contribution is 0.229. The Morgan fingerprint density at radius 1 is 1.31 bits per heavy atom. The van der Waals surface area contributed by atoms with Gasteiger partial charge in [0.05, 0.1) is 18.2 Å². The molecule has 0 saturated heterocycles. The molecular weight excluding hydrogens is 254 g/mol. The molecule has 0 bridgehead atoms. The van der Waals surface area contributed by atoms with Gasteiger partial charge in [-0.15, -0.1) is 0 Å². The van der Waals surface area contributed by atoms with E-state index in [4.69, 9.17) is 20.6 Å². The van der Waals surface area contributed by atoms with E-state index in [-0.39, 0.29) is 23.5 Å². The Balaban J connectivity index is 3.26. The van der Waals surface area contributed by atoms with Gasteiger partial charge in [0.25, 0.3) is 0 Å². The van der Waals surface area contributed by atoms with Gasteiger partial charge in [0, 0.05) is 0 Å². The zero-order valence-electron chi connectivity index (χ0n) is 9.07. The fourth-order valence-electron chi connectivity index (χ4n) is 1.26. The van der Waals surface area contributed by atoms with Crippen molar-refractivity contribution in [1.82, 2.24) is 0 Å². The molecule has 0 aromatic heterocycles. The molecule has 1 aromatic rings. The molecule has 0 fully saturated rings. The Hall–Kier alpha value is -0.410. The Morgan fingerprint density at radius 2 is 1.88 bits per heavy atom. The van der Waals surface area contributed by atoms with Crippen LogP contribution in [0.15, 0.2) is 18.2 Å². The predicted molar refractivity (Wildman–Crippen MR) is 61.9 cm³/mol. The minimum atomic E-state index is -3.65. The zero-order valence-corrected chi connectivity index (χ0v) is 10.7. The third-order valence-corrected chi connectivity index (χ3v) is 4.45. The van der Waals surface area contributed by atoms with E-state index in [1.807, 2.05) is 0 Å². The molecule has 16 heavy (non-hydrogen) atoms. The monoisotopic (exact) mass is 266 g/mol. The third-order valence-electron chi connectivity index (χ3n) is 1.81. The minimum absolute atomic E-state index is 0.0465. The van der Waals surface area contributed by atoms with Gasteiger partial charge in [-0.2, -0.15) is 0 Å². The lowest BCUT2D eigenvalue weighted by Gasteiger charge is -2.18. The van der Waals surface area contributed by atoms with Crippen molar-refractivity contribution in [3.05, 3.63) is 29.0 Å². The van der Waals surface area contributed by atoms with Crippen molar-refractivity contribution in [3.63, 3.8) is 0 Å². The van der Waals surface area contributed by atoms with E-state index < -0.39 is 13.4 Å². The van der Waals surface area contributed by atoms with Gasteiger partial charge >= 0.3 is 7.60 Å². The molecule has 1 aromatic carbocycles. The van der Waals surface area contributed by atoms with E-state index in [0.29, 0.717) is 0 Å². The summed E-state index contributed by atoms with van der Waals surface area (Å²) in [5, 5.41) is -0.148. The third kappa shape index (κ3) is 2.83. The molecule has 6 heteroatoms. The SMILES string of the molecule is CCOP(=O)(OCC)c1c(F)cccc1Cl. The molecule has 0 amide bonds. The number of hydrogen-bond acceptors (Lipinski definition) is 3. The summed E-state index contributed by atoms with van der Waals surface area (Å²) in [6.07, 6.45) is 0. The minimum Gasteiger partial charge on any atom is -0.305 e. The van der Waals surface area contributed by atoms with Crippen molar-refractivity contribution in [2.24, 2.45) is 0 Å². The van der Waals surface area contributed by atoms with Gasteiger partial charge in [-0.25, -0.2) is 4.39 Å². The van der Waals surface area contributed by atoms with Crippen LogP contribution in [0.3, 0.4) is 0 Å². The van der Waals surface area contributed by atoms with E-state index in [0.717, 1.165) is 0 Å². The highest BCUT2D eigenvalue weighted by Gasteiger charge is 2.32. The van der Waals surface area contributed by atoms with Crippen LogP contribution >= 0.6 is 19.2 Å². The van der Waals surface area contributed by atoms with Gasteiger partial charge in [-0.05, 0) is 26.0 Å². The smallest absolute Gasteiger partial charge is 0.305 e. The Kier molecular flexibility index (Phi) is 4.93. The van der Waals surface area contributed by atoms with E-state index in [2.05, 4.69) is 0 Å². The molecule has 3 nitrogen and oxygen atoms in total. The quantitative estimate of drug-likeness (QED) is 0.767. The highest BCUT2D eigenvalue weighted by atomic mass is 35.5. The van der Waals surface area contributed by atoms with Crippen LogP contribution in [-0.2, 0) is 13.6 Å². The molecule has 90 valence electrons. The van der Waals surface area contributed by atoms with Crippen molar-refractivity contribution in [1.29, 1.82) is 0 Å². The number of benzene rings is 1. The van der Waals surface area contributed by atoms with Gasteiger partial charge < -0.3 is 9.05 Å². The Bertz CT molecular complexity index is 381. The summed E-state index contributed by atoms with van der Waals surface area (Å²) < 4.78 is 35.9. The summed E-state index contributed by atoms with van der Waals surface area (Å²) in [5.41, 5.74) is 0. The number of halogens is 2. The maximum Gasteiger partial charge on any atom is 0.365 e. The van der Waals surface area contributed by atoms with Crippen molar-refractivity contribution in [2.75, 3.05) is 13.2 Å². The lowest BCUT2D eigenvalue weighted by atomic mass is 10.3. The second-order valence-electron chi connectivity index (χ2n) is 2.90. The van der Waals surface area contributed by atoms with E-state index in [1.54, 1.807) is 13.8 Å². The normalized spacial score (nSPS) is 11.8. The molecule has 0 radical (unpaired) electrons. The second-order valence-corrected chi connectivity index (χ2v) is 5.27. The van der Waals surface area contributed by atoms with Gasteiger partial charge in [0.1, 0.15) is 11.1 Å². The summed E-state index contributed by atoms with van der Waals surface area (Å²) in [6.45, 7) is 3.62. The molecule has 0 aliphatic carbocycles. The van der Waals surface area contributed by atoms with Crippen LogP contribution in [0.2, 0.25) is 5.02 Å². The Labute approximate surface area is 99.1 Å². The molecule has 0 atom stereocenters. The topological polar surface area (TPSA) is 35.5 Å². The number of rotatable bonds is 5. The Morgan fingerprint density at radius 3 is 2.31 bits per heavy atom. The summed E-state index contributed by atoms with van der Waals surface area (Å²) in [5.74, 6) is -0.683. The standard InChI is InChI=1S/C10H13ClFO3P/c1-3-14-16(13,15-4-2)10-8(11)6-5-7-9(10)12/h5-7H,3-4H2,1-2H3. The van der Waals surface area contributed by atoms with Gasteiger partial charge in [-0.1, -0.05) is 17.7 Å². The average molecular weight is 267 g/mol. The summed E-state index contributed by atoms with van der Waals surface area (Å²) in [7, 11) is -3.65. The second kappa shape index (κ2) is 5.78. The van der Waals surface area contributed by atoms with Gasteiger partial charge in [0.2, 0.25) is 0 Å². The van der Waals surface area contributed by atoms with Gasteiger partial charge in [0.15, 0.2) is 0 Å². The average Bonchev–Trinajstić information content (AvgIpc) is 2.17. The molecule has 0 unspecified atom stereocenters. The van der Waals surface area contributed by atoms with Crippen molar-refractivity contribution in [2.45, 2.75) is 13.8 Å². The largest absolute Gasteiger partial charge is 0.365 e. The first-order valence-corrected chi connectivity index (χ1v) is 6.81. The molecule has 0 saturated carbocycles. The predicted octanol–water partition coefficient (Wildman–Crippen LogP) is 3.37. The number of hydrogen-bond donors (Lipinski definition) is 0. The van der Waals surface area contributed by atoms with E-state index in [1.165, 1.54) is 18.2 Å². The van der Waals surface area contributed by atoms with Crippen LogP contribution < -0.4 is 5.30 Å². The first kappa shape index (κ1) is 13.7. The zero-order chi connectivity index (χ0) is 12.2. The van der Waals surface area contributed by atoms with Crippen molar-refractivity contribution in [3.8, 4) is 0 Å². The summed E-state index contributed by atoms with van der Waals surface area (Å²) >= 11 is 5.81. The van der Waals surface area contributed by atoms with Crippen LogP contribution in [0, 0.1) is 5.82 Å². The fraction of sp³-hybridized carbons (Fsp3) is 0.400. The molecule has 0 heterocycles. The highest BCUT2D eigenvalue weighted by molar-refractivity contribution is 7.62. The first-order valence-electron chi connectivity index (χ1n) is 4.88. The first-order chi connectivity index (χ1) is 7.55. The van der Waals surface area contributed by atoms with Crippen LogP contribution in [-0.4, -0.2) is 13.2 Å². The van der Waals surface area contributed by atoms with Crippen LogP contribution in [0.5, 0.6) is 0 Å². The van der Waals surface area contributed by atoms with Crippen LogP contribution in [0.1, 0.15) is 13.8 Å². The molecular formula is C10H13ClFO3P. The molecule has 0 N–H and O–H groups in total. The van der Waals surface area contributed by atoms with Crippen molar-refractivity contribution < 1.29 is 18.0 Å². The summed E-state index contributed by atoms with van der Waals surface area (Å²) in [6, 6.07) is 4.06. The van der Waals surface area contributed by atoms with Gasteiger partial charge in [-0.3, -0.25) is 4.57 Å². The molecule has 0 spiro atoms.